The van der Waals surface area contributed by atoms with Gasteiger partial charge in [-0.1, -0.05) is 30.4 Å². The monoisotopic (exact) mass is 558 g/mol. The number of carbonyl (C=O) groups excluding carboxylic acids is 2. The van der Waals surface area contributed by atoms with Gasteiger partial charge >= 0.3 is 6.18 Å². The van der Waals surface area contributed by atoms with E-state index >= 15 is 0 Å². The minimum Gasteiger partial charge on any atom is -0.383 e. The van der Waals surface area contributed by atoms with Crippen molar-refractivity contribution in [3.63, 3.8) is 0 Å². The molecule has 0 spiro atoms. The molecule has 0 bridgehead atoms. The fraction of sp³-hybridized carbons (Fsp3) is 0.179. The van der Waals surface area contributed by atoms with Crippen LogP contribution in [0.4, 0.5) is 30.4 Å². The molecule has 1 unspecified atom stereocenters. The van der Waals surface area contributed by atoms with Gasteiger partial charge in [0.1, 0.15) is 11.9 Å². The molecule has 0 radical (unpaired) electrons. The van der Waals surface area contributed by atoms with Gasteiger partial charge in [0.25, 0.3) is 5.91 Å². The number of hydrogen-bond donors (Lipinski definition) is 3. The second-order valence-corrected chi connectivity index (χ2v) is 8.84. The van der Waals surface area contributed by atoms with Crippen LogP contribution in [0.3, 0.4) is 0 Å². The van der Waals surface area contributed by atoms with Gasteiger partial charge in [-0.2, -0.15) is 13.2 Å². The lowest BCUT2D eigenvalue weighted by molar-refractivity contribution is -0.137. The Morgan fingerprint density at radius 3 is 2.41 bits per heavy atom. The number of fused-ring (bicyclic) bond motifs is 1. The molecule has 1 atom stereocenters. The first-order chi connectivity index (χ1) is 18.0. The lowest BCUT2D eigenvalue weighted by Gasteiger charge is -2.23. The van der Waals surface area contributed by atoms with Crippen LogP contribution in [0.15, 0.2) is 79.0 Å². The lowest BCUT2D eigenvalue weighted by atomic mass is 9.97. The quantitative estimate of drug-likeness (QED) is 0.290. The SMILES string of the molecule is CN(C)c1ccc(/C(=C\C=C\C(=O)Nc2cccc3c2CC(O)C(=O)N3)c2ccc(C(F)(F)F)cc2)cn1.Cl. The second kappa shape index (κ2) is 12.1. The topological polar surface area (TPSA) is 94.6 Å². The van der Waals surface area contributed by atoms with E-state index < -0.39 is 29.7 Å². The molecule has 1 aliphatic rings. The first-order valence-electron chi connectivity index (χ1n) is 11.6. The number of benzene rings is 2. The van der Waals surface area contributed by atoms with Crippen LogP contribution < -0.4 is 15.5 Å². The molecule has 2 aromatic carbocycles. The average molecular weight is 559 g/mol. The van der Waals surface area contributed by atoms with Crippen LogP contribution in [0, 0.1) is 0 Å². The third kappa shape index (κ3) is 7.04. The third-order valence-electron chi connectivity index (χ3n) is 5.94. The molecule has 4 rings (SSSR count). The third-order valence-corrected chi connectivity index (χ3v) is 5.94. The van der Waals surface area contributed by atoms with Crippen molar-refractivity contribution < 1.29 is 27.9 Å². The Balaban J connectivity index is 0.00000420. The molecule has 1 aliphatic heterocycles. The maximum absolute atomic E-state index is 13.1. The molecule has 39 heavy (non-hydrogen) atoms. The van der Waals surface area contributed by atoms with Crippen molar-refractivity contribution in [1.29, 1.82) is 0 Å². The van der Waals surface area contributed by atoms with Crippen LogP contribution in [0.25, 0.3) is 5.57 Å². The number of allylic oxidation sites excluding steroid dienone is 2. The summed E-state index contributed by atoms with van der Waals surface area (Å²) in [7, 11) is 3.68. The summed E-state index contributed by atoms with van der Waals surface area (Å²) >= 11 is 0. The number of aliphatic hydroxyl groups is 1. The maximum Gasteiger partial charge on any atom is 0.416 e. The number of anilines is 3. The van der Waals surface area contributed by atoms with Crippen molar-refractivity contribution >= 4 is 47.0 Å². The summed E-state index contributed by atoms with van der Waals surface area (Å²) in [5.74, 6) is -0.258. The van der Waals surface area contributed by atoms with E-state index in [1.54, 1.807) is 42.6 Å². The van der Waals surface area contributed by atoms with E-state index in [0.717, 1.165) is 12.1 Å². The molecule has 0 fully saturated rings. The Labute approximate surface area is 229 Å². The Kier molecular flexibility index (Phi) is 9.15. The molecule has 2 amide bonds. The molecule has 3 N–H and O–H groups in total. The standard InChI is InChI=1S/C28H25F3N4O3.ClH/c1-35(2)25-14-11-18(16-32-25)20(17-9-12-19(13-10-17)28(29,30)31)5-3-8-26(37)33-22-6-4-7-23-21(22)15-24(36)27(38)34-23;/h3-14,16,24,36H,15H2,1-2H3,(H,33,37)(H,34,38);1H/b8-3+,20-5-;. The minimum absolute atomic E-state index is 0. The average Bonchev–Trinajstić information content (AvgIpc) is 2.87. The van der Waals surface area contributed by atoms with Crippen LogP contribution in [0.2, 0.25) is 0 Å². The Hall–Kier alpha value is -4.15. The number of nitrogens with zero attached hydrogens (tertiary/aromatic N) is 2. The number of halogens is 4. The largest absolute Gasteiger partial charge is 0.416 e. The fourth-order valence-corrected chi connectivity index (χ4v) is 3.96. The van der Waals surface area contributed by atoms with E-state index in [1.807, 2.05) is 19.0 Å². The lowest BCUT2D eigenvalue weighted by Crippen LogP contribution is -2.34. The number of carbonyl (C=O) groups is 2. The highest BCUT2D eigenvalue weighted by molar-refractivity contribution is 6.03. The van der Waals surface area contributed by atoms with Crippen LogP contribution in [0.1, 0.15) is 22.3 Å². The summed E-state index contributed by atoms with van der Waals surface area (Å²) < 4.78 is 39.2. The van der Waals surface area contributed by atoms with Gasteiger partial charge in [0, 0.05) is 55.3 Å². The van der Waals surface area contributed by atoms with Gasteiger partial charge in [-0.3, -0.25) is 9.59 Å². The molecular weight excluding hydrogens is 533 g/mol. The summed E-state index contributed by atoms with van der Waals surface area (Å²) in [6.07, 6.45) is 0.413. The van der Waals surface area contributed by atoms with Crippen molar-refractivity contribution in [2.45, 2.75) is 18.7 Å². The van der Waals surface area contributed by atoms with Gasteiger partial charge < -0.3 is 20.6 Å². The maximum atomic E-state index is 13.1. The number of aliphatic hydroxyl groups excluding tert-OH is 1. The Morgan fingerprint density at radius 2 is 1.79 bits per heavy atom. The van der Waals surface area contributed by atoms with E-state index in [-0.39, 0.29) is 18.8 Å². The number of amides is 2. The van der Waals surface area contributed by atoms with Gasteiger partial charge in [0.15, 0.2) is 0 Å². The molecule has 0 saturated carbocycles. The molecule has 3 aromatic rings. The molecule has 1 aromatic heterocycles. The molecular formula is C28H26ClF3N4O3. The molecule has 11 heteroatoms. The van der Waals surface area contributed by atoms with E-state index in [9.17, 15) is 27.9 Å². The summed E-state index contributed by atoms with van der Waals surface area (Å²) in [5, 5.41) is 15.2. The van der Waals surface area contributed by atoms with E-state index in [2.05, 4.69) is 15.6 Å². The van der Waals surface area contributed by atoms with Gasteiger partial charge in [-0.25, -0.2) is 4.98 Å². The summed E-state index contributed by atoms with van der Waals surface area (Å²) in [6.45, 7) is 0. The van der Waals surface area contributed by atoms with Crippen molar-refractivity contribution in [3.8, 4) is 0 Å². The van der Waals surface area contributed by atoms with Crippen LogP contribution in [-0.4, -0.2) is 42.1 Å². The van der Waals surface area contributed by atoms with Gasteiger partial charge in [0.2, 0.25) is 5.91 Å². The highest BCUT2D eigenvalue weighted by Gasteiger charge is 2.30. The van der Waals surface area contributed by atoms with E-state index in [4.69, 9.17) is 0 Å². The number of pyridine rings is 1. The van der Waals surface area contributed by atoms with Crippen molar-refractivity contribution in [1.82, 2.24) is 4.98 Å². The summed E-state index contributed by atoms with van der Waals surface area (Å²) in [4.78, 5) is 30.6. The number of aromatic nitrogens is 1. The zero-order valence-corrected chi connectivity index (χ0v) is 21.8. The smallest absolute Gasteiger partial charge is 0.383 e. The number of nitrogens with one attached hydrogen (secondary N) is 2. The van der Waals surface area contributed by atoms with Crippen LogP contribution in [0.5, 0.6) is 0 Å². The van der Waals surface area contributed by atoms with Crippen LogP contribution >= 0.6 is 12.4 Å². The molecule has 2 heterocycles. The number of hydrogen-bond acceptors (Lipinski definition) is 5. The summed E-state index contributed by atoms with van der Waals surface area (Å²) in [5.41, 5.74) is 2.56. The van der Waals surface area contributed by atoms with Gasteiger partial charge in [-0.05, 0) is 47.5 Å². The fourth-order valence-electron chi connectivity index (χ4n) is 3.96. The minimum atomic E-state index is -4.45. The first kappa shape index (κ1) is 29.4. The Morgan fingerprint density at radius 1 is 1.10 bits per heavy atom. The van der Waals surface area contributed by atoms with Gasteiger partial charge in [-0.15, -0.1) is 12.4 Å². The first-order valence-corrected chi connectivity index (χ1v) is 11.6. The number of rotatable bonds is 6. The predicted octanol–water partition coefficient (Wildman–Crippen LogP) is 5.07. The zero-order valence-electron chi connectivity index (χ0n) is 21.0. The number of alkyl halides is 3. The molecule has 7 nitrogen and oxygen atoms in total. The highest BCUT2D eigenvalue weighted by Crippen LogP contribution is 2.32. The Bertz CT molecular complexity index is 1400. The zero-order chi connectivity index (χ0) is 27.4. The summed E-state index contributed by atoms with van der Waals surface area (Å²) in [6, 6.07) is 13.4. The van der Waals surface area contributed by atoms with Crippen molar-refractivity contribution in [3.05, 3.63) is 101 Å². The van der Waals surface area contributed by atoms with E-state index in [0.29, 0.717) is 39.5 Å². The molecule has 204 valence electrons. The normalized spacial score (nSPS) is 15.3. The van der Waals surface area contributed by atoms with Crippen LogP contribution in [-0.2, 0) is 22.2 Å². The second-order valence-electron chi connectivity index (χ2n) is 8.84. The predicted molar refractivity (Wildman–Crippen MR) is 147 cm³/mol. The van der Waals surface area contributed by atoms with Gasteiger partial charge in [0.05, 0.1) is 5.56 Å². The highest BCUT2D eigenvalue weighted by atomic mass is 35.5. The van der Waals surface area contributed by atoms with Crippen molar-refractivity contribution in [2.24, 2.45) is 0 Å². The molecule has 0 saturated heterocycles. The van der Waals surface area contributed by atoms with E-state index in [1.165, 1.54) is 24.3 Å². The molecule has 0 aliphatic carbocycles. The van der Waals surface area contributed by atoms with Crippen molar-refractivity contribution in [2.75, 3.05) is 29.6 Å².